The molecule has 0 spiro atoms. The van der Waals surface area contributed by atoms with Crippen LogP contribution in [0.25, 0.3) is 0 Å². The first kappa shape index (κ1) is 17.5. The Morgan fingerprint density at radius 2 is 1.86 bits per heavy atom. The minimum absolute atomic E-state index is 0.188. The van der Waals surface area contributed by atoms with E-state index in [1.807, 2.05) is 27.8 Å². The molecule has 0 saturated carbocycles. The van der Waals surface area contributed by atoms with Crippen molar-refractivity contribution in [3.8, 4) is 0 Å². The summed E-state index contributed by atoms with van der Waals surface area (Å²) in [5.41, 5.74) is -0.446. The second kappa shape index (κ2) is 7.15. The van der Waals surface area contributed by atoms with Gasteiger partial charge < -0.3 is 19.5 Å². The van der Waals surface area contributed by atoms with Crippen LogP contribution in [-0.2, 0) is 9.47 Å². The van der Waals surface area contributed by atoms with Crippen molar-refractivity contribution >= 4 is 6.09 Å². The molecular weight excluding hydrogens is 284 g/mol. The first-order valence-corrected chi connectivity index (χ1v) is 8.23. The zero-order chi connectivity index (χ0) is 16.3. The molecule has 2 atom stereocenters. The Balaban J connectivity index is 1.73. The van der Waals surface area contributed by atoms with Crippen LogP contribution in [0.5, 0.6) is 0 Å². The molecule has 6 heteroatoms. The van der Waals surface area contributed by atoms with Crippen molar-refractivity contribution in [1.82, 2.24) is 9.80 Å². The average molecular weight is 314 g/mol. The van der Waals surface area contributed by atoms with Gasteiger partial charge in [-0.05, 0) is 47.1 Å². The fraction of sp³-hybridized carbons (Fsp3) is 0.938. The third-order valence-electron chi connectivity index (χ3n) is 4.34. The maximum Gasteiger partial charge on any atom is 0.410 e. The molecule has 1 amide bonds. The van der Waals surface area contributed by atoms with Crippen LogP contribution >= 0.6 is 0 Å². The number of ether oxygens (including phenoxy) is 2. The molecule has 2 fully saturated rings. The van der Waals surface area contributed by atoms with Crippen molar-refractivity contribution < 1.29 is 19.4 Å². The predicted octanol–water partition coefficient (Wildman–Crippen LogP) is 1.47. The second-order valence-electron chi connectivity index (χ2n) is 7.44. The molecule has 2 rings (SSSR count). The summed E-state index contributed by atoms with van der Waals surface area (Å²) < 4.78 is 11.6. The molecule has 2 aliphatic heterocycles. The van der Waals surface area contributed by atoms with E-state index < -0.39 is 5.60 Å². The molecule has 1 N–H and O–H groups in total. The number of carbonyl (C=O) groups is 1. The van der Waals surface area contributed by atoms with Gasteiger partial charge in [-0.15, -0.1) is 0 Å². The van der Waals surface area contributed by atoms with E-state index in [9.17, 15) is 9.90 Å². The highest BCUT2D eigenvalue weighted by molar-refractivity contribution is 5.68. The smallest absolute Gasteiger partial charge is 0.410 e. The summed E-state index contributed by atoms with van der Waals surface area (Å²) in [4.78, 5) is 15.9. The van der Waals surface area contributed by atoms with Gasteiger partial charge in [-0.2, -0.15) is 0 Å². The van der Waals surface area contributed by atoms with Gasteiger partial charge in [0.2, 0.25) is 0 Å². The third kappa shape index (κ3) is 4.83. The quantitative estimate of drug-likeness (QED) is 0.855. The number of nitrogens with zero attached hydrogens (tertiary/aromatic N) is 2. The Hall–Kier alpha value is -0.850. The Labute approximate surface area is 133 Å². The largest absolute Gasteiger partial charge is 0.444 e. The number of aliphatic hydroxyl groups excluding tert-OH is 1. The summed E-state index contributed by atoms with van der Waals surface area (Å²) >= 11 is 0. The zero-order valence-corrected chi connectivity index (χ0v) is 14.2. The Morgan fingerprint density at radius 1 is 1.23 bits per heavy atom. The maximum absolute atomic E-state index is 12.0. The lowest BCUT2D eigenvalue weighted by molar-refractivity contribution is -0.0417. The Morgan fingerprint density at radius 3 is 2.36 bits per heavy atom. The van der Waals surface area contributed by atoms with Crippen LogP contribution in [0.2, 0.25) is 0 Å². The summed E-state index contributed by atoms with van der Waals surface area (Å²) in [6.07, 6.45) is 2.76. The Bertz CT molecular complexity index is 375. The predicted molar refractivity (Wildman–Crippen MR) is 83.8 cm³/mol. The highest BCUT2D eigenvalue weighted by Gasteiger charge is 2.33. The third-order valence-corrected chi connectivity index (χ3v) is 4.34. The molecule has 0 aromatic carbocycles. The maximum atomic E-state index is 12.0. The highest BCUT2D eigenvalue weighted by atomic mass is 16.6. The lowest BCUT2D eigenvalue weighted by Gasteiger charge is -2.34. The van der Waals surface area contributed by atoms with E-state index in [0.717, 1.165) is 25.8 Å². The molecule has 0 aromatic rings. The molecule has 0 radical (unpaired) electrons. The van der Waals surface area contributed by atoms with Crippen molar-refractivity contribution in [3.05, 3.63) is 0 Å². The normalized spacial score (nSPS) is 28.1. The number of rotatable bonds is 3. The minimum atomic E-state index is -0.446. The van der Waals surface area contributed by atoms with Gasteiger partial charge in [-0.1, -0.05) is 0 Å². The van der Waals surface area contributed by atoms with Gasteiger partial charge in [0.15, 0.2) is 0 Å². The molecular formula is C16H30N2O4. The van der Waals surface area contributed by atoms with Gasteiger partial charge in [0.25, 0.3) is 0 Å². The van der Waals surface area contributed by atoms with Gasteiger partial charge in [0.1, 0.15) is 5.60 Å². The summed E-state index contributed by atoms with van der Waals surface area (Å²) in [7, 11) is 2.02. The highest BCUT2D eigenvalue weighted by Crippen LogP contribution is 2.23. The molecule has 6 nitrogen and oxygen atoms in total. The lowest BCUT2D eigenvalue weighted by Crippen LogP contribution is -2.44. The van der Waals surface area contributed by atoms with E-state index in [1.54, 1.807) is 4.90 Å². The molecule has 128 valence electrons. The van der Waals surface area contributed by atoms with Gasteiger partial charge >= 0.3 is 6.09 Å². The molecule has 0 aromatic heterocycles. The van der Waals surface area contributed by atoms with E-state index in [1.165, 1.54) is 0 Å². The summed E-state index contributed by atoms with van der Waals surface area (Å²) in [5.74, 6) is 0. The molecule has 22 heavy (non-hydrogen) atoms. The number of piperidine rings is 1. The number of likely N-dealkylation sites (tertiary alicyclic amines) is 2. The van der Waals surface area contributed by atoms with Gasteiger partial charge in [-0.3, -0.25) is 4.90 Å². The second-order valence-corrected chi connectivity index (χ2v) is 7.44. The lowest BCUT2D eigenvalue weighted by atomic mass is 10.1. The zero-order valence-electron chi connectivity index (χ0n) is 14.2. The fourth-order valence-corrected chi connectivity index (χ4v) is 3.11. The average Bonchev–Trinajstić information content (AvgIpc) is 2.77. The van der Waals surface area contributed by atoms with Crippen molar-refractivity contribution in [3.63, 3.8) is 0 Å². The first-order valence-electron chi connectivity index (χ1n) is 8.23. The molecule has 2 heterocycles. The van der Waals surface area contributed by atoms with E-state index in [2.05, 4.69) is 4.90 Å². The van der Waals surface area contributed by atoms with E-state index in [0.29, 0.717) is 13.1 Å². The number of hydrogen-bond donors (Lipinski definition) is 1. The fourth-order valence-electron chi connectivity index (χ4n) is 3.11. The molecule has 0 aliphatic carbocycles. The molecule has 2 aliphatic rings. The van der Waals surface area contributed by atoms with Crippen molar-refractivity contribution in [1.29, 1.82) is 0 Å². The topological polar surface area (TPSA) is 62.2 Å². The van der Waals surface area contributed by atoms with Crippen molar-refractivity contribution in [2.24, 2.45) is 0 Å². The van der Waals surface area contributed by atoms with Gasteiger partial charge in [0, 0.05) is 25.7 Å². The van der Waals surface area contributed by atoms with Gasteiger partial charge in [0.05, 0.1) is 18.8 Å². The number of amides is 1. The number of aliphatic hydroxyl groups is 1. The summed E-state index contributed by atoms with van der Waals surface area (Å²) in [6.45, 7) is 8.08. The van der Waals surface area contributed by atoms with Crippen LogP contribution in [0.15, 0.2) is 0 Å². The Kier molecular flexibility index (Phi) is 5.69. The number of hydrogen-bond acceptors (Lipinski definition) is 5. The van der Waals surface area contributed by atoms with Crippen LogP contribution in [0.4, 0.5) is 4.79 Å². The molecule has 0 bridgehead atoms. The van der Waals surface area contributed by atoms with Crippen LogP contribution in [-0.4, -0.2) is 78.1 Å². The number of carbonyl (C=O) groups excluding carboxylic acids is 1. The van der Waals surface area contributed by atoms with Crippen molar-refractivity contribution in [2.45, 2.75) is 63.9 Å². The van der Waals surface area contributed by atoms with E-state index >= 15 is 0 Å². The first-order chi connectivity index (χ1) is 10.3. The molecule has 0 unspecified atom stereocenters. The van der Waals surface area contributed by atoms with Crippen LogP contribution in [0, 0.1) is 0 Å². The van der Waals surface area contributed by atoms with Crippen LogP contribution in [0.3, 0.4) is 0 Å². The number of likely N-dealkylation sites (N-methyl/N-ethyl adjacent to an activating group) is 1. The van der Waals surface area contributed by atoms with Crippen LogP contribution < -0.4 is 0 Å². The monoisotopic (exact) mass is 314 g/mol. The summed E-state index contributed by atoms with van der Waals surface area (Å²) in [5, 5.41) is 9.29. The minimum Gasteiger partial charge on any atom is -0.444 e. The molecule has 2 saturated heterocycles. The van der Waals surface area contributed by atoms with Gasteiger partial charge in [-0.25, -0.2) is 4.79 Å². The van der Waals surface area contributed by atoms with E-state index in [4.69, 9.17) is 9.47 Å². The standard InChI is InChI=1S/C16H30N2O4/c1-16(2,3)22-15(20)18-7-5-13(6-8-18)21-14-9-12(11-19)17(4)10-14/h12-14,19H,5-11H2,1-4H3/t12-,14+/m0/s1. The van der Waals surface area contributed by atoms with Crippen molar-refractivity contribution in [2.75, 3.05) is 33.3 Å². The van der Waals surface area contributed by atoms with Crippen LogP contribution in [0.1, 0.15) is 40.0 Å². The summed E-state index contributed by atoms with van der Waals surface area (Å²) in [6, 6.07) is 0.215. The SMILES string of the molecule is CN1C[C@H](OC2CCN(C(=O)OC(C)(C)C)CC2)C[C@H]1CO. The van der Waals surface area contributed by atoms with E-state index in [-0.39, 0.29) is 30.9 Å².